The van der Waals surface area contributed by atoms with E-state index < -0.39 is 8.03 Å². The van der Waals surface area contributed by atoms with Crippen molar-refractivity contribution >= 4 is 8.03 Å². The van der Waals surface area contributed by atoms with Crippen molar-refractivity contribution < 1.29 is 18.6 Å². The van der Waals surface area contributed by atoms with Gasteiger partial charge in [0.15, 0.2) is 8.03 Å². The third kappa shape index (κ3) is 22.1. The molecule has 0 amide bonds. The summed E-state index contributed by atoms with van der Waals surface area (Å²) in [5.41, 5.74) is 0. The predicted octanol–water partition coefficient (Wildman–Crippen LogP) is 6.58. The van der Waals surface area contributed by atoms with Gasteiger partial charge in [-0.05, 0) is 19.3 Å². The summed E-state index contributed by atoms with van der Waals surface area (Å²) in [5.74, 6) is 0. The monoisotopic (exact) mass is 378 g/mol. The predicted molar refractivity (Wildman–Crippen MR) is 108 cm³/mol. The fraction of sp³-hybridized carbons (Fsp3) is 1.00. The Balaban J connectivity index is 2.99. The molecule has 0 saturated carbocycles. The minimum atomic E-state index is -1.74. The Kier molecular flexibility index (Phi) is 22.2. The smallest absolute Gasteiger partial charge is 0.191 e. The van der Waals surface area contributed by atoms with E-state index >= 15 is 0 Å². The molecule has 0 aromatic carbocycles. The first-order valence-electron chi connectivity index (χ1n) is 10.5. The zero-order valence-electron chi connectivity index (χ0n) is 16.9. The van der Waals surface area contributed by atoms with E-state index in [2.05, 4.69) is 6.92 Å². The largest absolute Gasteiger partial charge is 0.355 e. The first-order valence-corrected chi connectivity index (χ1v) is 12.1. The van der Waals surface area contributed by atoms with Crippen LogP contribution < -0.4 is 0 Å². The van der Waals surface area contributed by atoms with Crippen molar-refractivity contribution in [2.24, 2.45) is 0 Å². The first-order chi connectivity index (χ1) is 12.3. The van der Waals surface area contributed by atoms with Gasteiger partial charge in [-0.3, -0.25) is 4.57 Å². The maximum absolute atomic E-state index is 11.1. The summed E-state index contributed by atoms with van der Waals surface area (Å²) < 4.78 is 26.9. The van der Waals surface area contributed by atoms with Crippen molar-refractivity contribution in [2.75, 3.05) is 33.3 Å². The Labute approximate surface area is 157 Å². The topological polar surface area (TPSA) is 44.8 Å². The molecule has 0 rings (SSSR count). The molecule has 0 aliphatic carbocycles. The van der Waals surface area contributed by atoms with Gasteiger partial charge in [-0.25, -0.2) is 0 Å². The summed E-state index contributed by atoms with van der Waals surface area (Å²) in [6.45, 7) is 4.34. The molecule has 0 bridgehead atoms. The Hall–Kier alpha value is 0.110. The Bertz CT molecular complexity index is 274. The quantitative estimate of drug-likeness (QED) is 0.129. The Morgan fingerprint density at radius 1 is 0.640 bits per heavy atom. The minimum Gasteiger partial charge on any atom is -0.355 e. The van der Waals surface area contributed by atoms with Crippen LogP contribution in [0.25, 0.3) is 0 Å². The second kappa shape index (κ2) is 22.2. The SMILES string of the molecule is CCCCCCCCCCOCOCCCCCCCC[PH](=O)OC. The number of ether oxygens (including phenoxy) is 2. The zero-order chi connectivity index (χ0) is 18.4. The molecule has 152 valence electrons. The van der Waals surface area contributed by atoms with E-state index in [-0.39, 0.29) is 0 Å². The molecule has 0 radical (unpaired) electrons. The molecule has 0 heterocycles. The lowest BCUT2D eigenvalue weighted by molar-refractivity contribution is -0.0556. The van der Waals surface area contributed by atoms with Crippen LogP contribution in [0.3, 0.4) is 0 Å². The van der Waals surface area contributed by atoms with Gasteiger partial charge in [-0.1, -0.05) is 77.6 Å². The Morgan fingerprint density at radius 3 is 1.56 bits per heavy atom. The second-order valence-corrected chi connectivity index (χ2v) is 8.51. The molecule has 0 aromatic heterocycles. The molecular formula is C20H43O4P. The van der Waals surface area contributed by atoms with Gasteiger partial charge in [0.05, 0.1) is 0 Å². The van der Waals surface area contributed by atoms with Crippen molar-refractivity contribution in [1.29, 1.82) is 0 Å². The molecule has 1 atom stereocenters. The molecule has 1 unspecified atom stereocenters. The van der Waals surface area contributed by atoms with E-state index in [4.69, 9.17) is 14.0 Å². The van der Waals surface area contributed by atoms with Crippen LogP contribution in [-0.4, -0.2) is 33.3 Å². The van der Waals surface area contributed by atoms with Crippen molar-refractivity contribution in [1.82, 2.24) is 0 Å². The van der Waals surface area contributed by atoms with Gasteiger partial charge in [0.2, 0.25) is 0 Å². The molecule has 0 N–H and O–H groups in total. The normalized spacial score (nSPS) is 12.6. The molecular weight excluding hydrogens is 335 g/mol. The maximum Gasteiger partial charge on any atom is 0.191 e. The third-order valence-electron chi connectivity index (χ3n) is 4.46. The summed E-state index contributed by atoms with van der Waals surface area (Å²) in [7, 11) is -0.207. The molecule has 4 nitrogen and oxygen atoms in total. The van der Waals surface area contributed by atoms with Gasteiger partial charge >= 0.3 is 0 Å². The van der Waals surface area contributed by atoms with Gasteiger partial charge < -0.3 is 14.0 Å². The lowest BCUT2D eigenvalue weighted by Crippen LogP contribution is -2.03. The van der Waals surface area contributed by atoms with Crippen LogP contribution in [0.15, 0.2) is 0 Å². The van der Waals surface area contributed by atoms with Crippen LogP contribution in [0.5, 0.6) is 0 Å². The molecule has 25 heavy (non-hydrogen) atoms. The van der Waals surface area contributed by atoms with Gasteiger partial charge in [0.1, 0.15) is 6.79 Å². The Morgan fingerprint density at radius 2 is 1.08 bits per heavy atom. The van der Waals surface area contributed by atoms with Crippen LogP contribution in [0.1, 0.15) is 96.8 Å². The second-order valence-electron chi connectivity index (χ2n) is 6.86. The van der Waals surface area contributed by atoms with E-state index in [0.717, 1.165) is 45.1 Å². The van der Waals surface area contributed by atoms with E-state index in [0.29, 0.717) is 6.79 Å². The number of rotatable bonds is 21. The first kappa shape index (κ1) is 25.1. The average Bonchev–Trinajstić information content (AvgIpc) is 2.63. The summed E-state index contributed by atoms with van der Waals surface area (Å²) in [4.78, 5) is 0. The van der Waals surface area contributed by atoms with Crippen LogP contribution in [0.4, 0.5) is 0 Å². The average molecular weight is 379 g/mol. The third-order valence-corrected chi connectivity index (χ3v) is 5.67. The molecule has 0 spiro atoms. The molecule has 0 aromatic rings. The van der Waals surface area contributed by atoms with E-state index in [9.17, 15) is 4.57 Å². The molecule has 0 saturated heterocycles. The van der Waals surface area contributed by atoms with Gasteiger partial charge in [0, 0.05) is 26.5 Å². The van der Waals surface area contributed by atoms with Crippen molar-refractivity contribution in [3.63, 3.8) is 0 Å². The number of unbranched alkanes of at least 4 members (excludes halogenated alkanes) is 12. The van der Waals surface area contributed by atoms with Crippen molar-refractivity contribution in [3.05, 3.63) is 0 Å². The fourth-order valence-corrected chi connectivity index (χ4v) is 3.54. The highest BCUT2D eigenvalue weighted by Gasteiger charge is 1.97. The minimum absolute atomic E-state index is 0.446. The van der Waals surface area contributed by atoms with Gasteiger partial charge in [-0.2, -0.15) is 0 Å². The summed E-state index contributed by atoms with van der Waals surface area (Å²) in [5, 5.41) is 0. The zero-order valence-corrected chi connectivity index (χ0v) is 17.9. The van der Waals surface area contributed by atoms with Crippen LogP contribution in [0, 0.1) is 0 Å². The molecule has 0 fully saturated rings. The lowest BCUT2D eigenvalue weighted by Gasteiger charge is -2.06. The van der Waals surface area contributed by atoms with Crippen LogP contribution in [-0.2, 0) is 18.6 Å². The number of hydrogen-bond acceptors (Lipinski definition) is 4. The van der Waals surface area contributed by atoms with E-state index in [1.54, 1.807) is 0 Å². The van der Waals surface area contributed by atoms with E-state index in [1.165, 1.54) is 71.3 Å². The van der Waals surface area contributed by atoms with Gasteiger partial charge in [-0.15, -0.1) is 0 Å². The highest BCUT2D eigenvalue weighted by atomic mass is 31.1. The standard InChI is InChI=1S/C20H43O4P/c1-3-4-5-6-7-8-11-14-17-23-20-24-18-15-12-9-10-13-16-19-25(21)22-2/h25H,3-20H2,1-2H3. The van der Waals surface area contributed by atoms with E-state index in [1.807, 2.05) is 0 Å². The fourth-order valence-electron chi connectivity index (χ4n) is 2.80. The van der Waals surface area contributed by atoms with Gasteiger partial charge in [0.25, 0.3) is 0 Å². The van der Waals surface area contributed by atoms with Crippen molar-refractivity contribution in [2.45, 2.75) is 96.8 Å². The number of hydrogen-bond donors (Lipinski definition) is 0. The highest BCUT2D eigenvalue weighted by Crippen LogP contribution is 2.22. The molecule has 0 aliphatic rings. The summed E-state index contributed by atoms with van der Waals surface area (Å²) in [6, 6.07) is 0. The summed E-state index contributed by atoms with van der Waals surface area (Å²) in [6.07, 6.45) is 18.3. The maximum atomic E-state index is 11.1. The lowest BCUT2D eigenvalue weighted by atomic mass is 10.1. The van der Waals surface area contributed by atoms with Crippen molar-refractivity contribution in [3.8, 4) is 0 Å². The summed E-state index contributed by atoms with van der Waals surface area (Å²) >= 11 is 0. The highest BCUT2D eigenvalue weighted by molar-refractivity contribution is 7.39. The van der Waals surface area contributed by atoms with Crippen LogP contribution in [0.2, 0.25) is 0 Å². The van der Waals surface area contributed by atoms with Crippen LogP contribution >= 0.6 is 8.03 Å². The molecule has 0 aliphatic heterocycles. The molecule has 5 heteroatoms.